The molecule has 1 fully saturated rings. The van der Waals surface area contributed by atoms with Crippen LogP contribution in [0.25, 0.3) is 0 Å². The fourth-order valence-electron chi connectivity index (χ4n) is 2.60. The number of nitrogens with two attached hydrogens (primary N) is 1. The Morgan fingerprint density at radius 2 is 2.00 bits per heavy atom. The number of amides is 1. The molecule has 1 aromatic heterocycles. The number of hydrogen-bond donors (Lipinski definition) is 1. The average Bonchev–Trinajstić information content (AvgIpc) is 2.95. The Morgan fingerprint density at radius 3 is 2.55 bits per heavy atom. The van der Waals surface area contributed by atoms with Gasteiger partial charge in [-0.2, -0.15) is 0 Å². The Bertz CT molecular complexity index is 608. The smallest absolute Gasteiger partial charge is 0.261 e. The van der Waals surface area contributed by atoms with E-state index in [0.717, 1.165) is 12.2 Å². The first-order chi connectivity index (χ1) is 10.3. The Morgan fingerprint density at radius 1 is 1.27 bits per heavy atom. The molecule has 22 heavy (non-hydrogen) atoms. The summed E-state index contributed by atoms with van der Waals surface area (Å²) in [5.74, 6) is 1.22. The van der Waals surface area contributed by atoms with Gasteiger partial charge in [-0.3, -0.25) is 4.79 Å². The van der Waals surface area contributed by atoms with Crippen LogP contribution in [-0.4, -0.2) is 12.5 Å². The Hall–Kier alpha value is -1.78. The van der Waals surface area contributed by atoms with Crippen molar-refractivity contribution in [2.45, 2.75) is 25.8 Å². The first kappa shape index (κ1) is 16.6. The number of hydrogen-bond acceptors (Lipinski definition) is 3. The fourth-order valence-corrected chi connectivity index (χ4v) is 2.60. The van der Waals surface area contributed by atoms with E-state index < -0.39 is 0 Å². The van der Waals surface area contributed by atoms with Crippen molar-refractivity contribution in [2.75, 3.05) is 11.4 Å². The minimum absolute atomic E-state index is 0. The molecule has 1 aromatic carbocycles. The summed E-state index contributed by atoms with van der Waals surface area (Å²) in [6.07, 6.45) is 5.18. The van der Waals surface area contributed by atoms with Crippen LogP contribution >= 0.6 is 12.4 Å². The summed E-state index contributed by atoms with van der Waals surface area (Å²) in [4.78, 5) is 14.6. The van der Waals surface area contributed by atoms with Crippen molar-refractivity contribution in [3.63, 3.8) is 0 Å². The lowest BCUT2D eigenvalue weighted by molar-refractivity contribution is 0.0977. The van der Waals surface area contributed by atoms with Crippen molar-refractivity contribution in [1.82, 2.24) is 0 Å². The van der Waals surface area contributed by atoms with E-state index in [0.29, 0.717) is 23.8 Å². The van der Waals surface area contributed by atoms with Gasteiger partial charge in [-0.15, -0.1) is 12.4 Å². The van der Waals surface area contributed by atoms with Crippen LogP contribution in [-0.2, 0) is 6.54 Å². The molecule has 0 atom stereocenters. The number of rotatable bonds is 5. The van der Waals surface area contributed by atoms with E-state index in [1.165, 1.54) is 25.5 Å². The monoisotopic (exact) mass is 320 g/mol. The number of anilines is 1. The zero-order chi connectivity index (χ0) is 14.7. The van der Waals surface area contributed by atoms with E-state index in [4.69, 9.17) is 10.2 Å². The molecular weight excluding hydrogens is 300 g/mol. The highest BCUT2D eigenvalue weighted by Crippen LogP contribution is 2.30. The topological polar surface area (TPSA) is 59.5 Å². The zero-order valence-corrected chi connectivity index (χ0v) is 13.2. The number of carbonyl (C=O) groups is 1. The molecule has 5 heteroatoms. The second kappa shape index (κ2) is 7.47. The van der Waals surface area contributed by atoms with Crippen LogP contribution in [0, 0.1) is 5.92 Å². The van der Waals surface area contributed by atoms with Crippen LogP contribution in [0.4, 0.5) is 5.69 Å². The zero-order valence-electron chi connectivity index (χ0n) is 12.4. The van der Waals surface area contributed by atoms with E-state index in [2.05, 4.69) is 0 Å². The maximum absolute atomic E-state index is 12.8. The standard InChI is InChI=1S/C17H20N2O2.ClH/c18-10-16-9-14(12-21-16)17(20)19(11-13-5-4-6-13)15-7-2-1-3-8-15;/h1-3,7-9,12-13H,4-6,10-11,18H2;1H. The number of nitrogens with zero attached hydrogens (tertiary/aromatic N) is 1. The van der Waals surface area contributed by atoms with Crippen LogP contribution < -0.4 is 10.6 Å². The highest BCUT2D eigenvalue weighted by Gasteiger charge is 2.26. The lowest BCUT2D eigenvalue weighted by Gasteiger charge is -2.32. The highest BCUT2D eigenvalue weighted by atomic mass is 35.5. The van der Waals surface area contributed by atoms with Gasteiger partial charge in [0.15, 0.2) is 0 Å². The van der Waals surface area contributed by atoms with Gasteiger partial charge in [-0.05, 0) is 37.0 Å². The Balaban J connectivity index is 0.00000176. The van der Waals surface area contributed by atoms with Gasteiger partial charge in [0.25, 0.3) is 5.91 Å². The van der Waals surface area contributed by atoms with Crippen molar-refractivity contribution in [3.05, 3.63) is 54.0 Å². The molecule has 1 amide bonds. The summed E-state index contributed by atoms with van der Waals surface area (Å²) in [7, 11) is 0. The summed E-state index contributed by atoms with van der Waals surface area (Å²) >= 11 is 0. The molecule has 2 aromatic rings. The van der Waals surface area contributed by atoms with Crippen molar-refractivity contribution < 1.29 is 9.21 Å². The SMILES string of the molecule is Cl.NCc1cc(C(=O)N(CC2CCC2)c2ccccc2)co1. The van der Waals surface area contributed by atoms with Crippen molar-refractivity contribution in [3.8, 4) is 0 Å². The summed E-state index contributed by atoms with van der Waals surface area (Å²) in [6, 6.07) is 11.5. The Labute approximate surface area is 136 Å². The van der Waals surface area contributed by atoms with Gasteiger partial charge in [-0.25, -0.2) is 0 Å². The summed E-state index contributed by atoms with van der Waals surface area (Å²) in [5, 5.41) is 0. The Kier molecular flexibility index (Phi) is 5.63. The molecule has 118 valence electrons. The number of furan rings is 1. The van der Waals surface area contributed by atoms with Crippen molar-refractivity contribution >= 4 is 24.0 Å². The van der Waals surface area contributed by atoms with Gasteiger partial charge in [-0.1, -0.05) is 24.6 Å². The number of halogens is 1. The number of carbonyl (C=O) groups excluding carboxylic acids is 1. The van der Waals surface area contributed by atoms with Crippen LogP contribution in [0.5, 0.6) is 0 Å². The summed E-state index contributed by atoms with van der Waals surface area (Å²) in [5.41, 5.74) is 7.05. The molecule has 1 aliphatic carbocycles. The second-order valence-electron chi connectivity index (χ2n) is 5.55. The lowest BCUT2D eigenvalue weighted by Crippen LogP contribution is -2.37. The average molecular weight is 321 g/mol. The van der Waals surface area contributed by atoms with E-state index in [9.17, 15) is 4.79 Å². The van der Waals surface area contributed by atoms with Crippen molar-refractivity contribution in [2.24, 2.45) is 11.7 Å². The molecule has 1 aliphatic rings. The normalized spacial score (nSPS) is 14.0. The highest BCUT2D eigenvalue weighted by molar-refractivity contribution is 6.06. The molecule has 0 aliphatic heterocycles. The maximum Gasteiger partial charge on any atom is 0.261 e. The summed E-state index contributed by atoms with van der Waals surface area (Å²) in [6.45, 7) is 1.08. The van der Waals surface area contributed by atoms with Gasteiger partial charge in [0, 0.05) is 12.2 Å². The fraction of sp³-hybridized carbons (Fsp3) is 0.353. The van der Waals surface area contributed by atoms with E-state index in [-0.39, 0.29) is 18.3 Å². The van der Waals surface area contributed by atoms with E-state index in [1.54, 1.807) is 6.07 Å². The predicted octanol–water partition coefficient (Wildman–Crippen LogP) is 3.61. The molecular formula is C17H21ClN2O2. The van der Waals surface area contributed by atoms with Gasteiger partial charge >= 0.3 is 0 Å². The largest absolute Gasteiger partial charge is 0.467 e. The summed E-state index contributed by atoms with van der Waals surface area (Å²) < 4.78 is 5.29. The molecule has 0 saturated heterocycles. The number of benzene rings is 1. The molecule has 0 unspecified atom stereocenters. The van der Waals surface area contributed by atoms with Crippen LogP contribution in [0.3, 0.4) is 0 Å². The van der Waals surface area contributed by atoms with E-state index >= 15 is 0 Å². The molecule has 1 saturated carbocycles. The third kappa shape index (κ3) is 3.51. The molecule has 0 spiro atoms. The molecule has 1 heterocycles. The first-order valence-corrected chi connectivity index (χ1v) is 7.42. The predicted molar refractivity (Wildman–Crippen MR) is 89.3 cm³/mol. The molecule has 3 rings (SSSR count). The molecule has 4 nitrogen and oxygen atoms in total. The third-order valence-corrected chi connectivity index (χ3v) is 4.08. The molecule has 2 N–H and O–H groups in total. The second-order valence-corrected chi connectivity index (χ2v) is 5.55. The minimum atomic E-state index is -0.0171. The first-order valence-electron chi connectivity index (χ1n) is 7.42. The van der Waals surface area contributed by atoms with Crippen LogP contribution in [0.2, 0.25) is 0 Å². The molecule has 0 bridgehead atoms. The van der Waals surface area contributed by atoms with Crippen molar-refractivity contribution in [1.29, 1.82) is 0 Å². The minimum Gasteiger partial charge on any atom is -0.467 e. The lowest BCUT2D eigenvalue weighted by atomic mass is 9.85. The van der Waals surface area contributed by atoms with Crippen LogP contribution in [0.15, 0.2) is 47.1 Å². The third-order valence-electron chi connectivity index (χ3n) is 4.08. The van der Waals surface area contributed by atoms with Crippen LogP contribution in [0.1, 0.15) is 35.4 Å². The van der Waals surface area contributed by atoms with E-state index in [1.807, 2.05) is 35.2 Å². The quantitative estimate of drug-likeness (QED) is 0.915. The van der Waals surface area contributed by atoms with Gasteiger partial charge < -0.3 is 15.1 Å². The molecule has 0 radical (unpaired) electrons. The maximum atomic E-state index is 12.8. The van der Waals surface area contributed by atoms with Gasteiger partial charge in [0.05, 0.1) is 12.1 Å². The van der Waals surface area contributed by atoms with Gasteiger partial charge in [0.2, 0.25) is 0 Å². The van der Waals surface area contributed by atoms with Gasteiger partial charge in [0.1, 0.15) is 12.0 Å². The number of para-hydroxylation sites is 1.